The Labute approximate surface area is 180 Å². The minimum Gasteiger partial charge on any atom is -0.0656 e. The van der Waals surface area contributed by atoms with Gasteiger partial charge >= 0.3 is 0 Å². The van der Waals surface area contributed by atoms with Crippen LogP contribution in [0, 0.1) is 0 Å². The van der Waals surface area contributed by atoms with E-state index in [1.54, 1.807) is 10.1 Å². The van der Waals surface area contributed by atoms with Crippen LogP contribution in [0.3, 0.4) is 0 Å². The predicted molar refractivity (Wildman–Crippen MR) is 139 cm³/mol. The number of benzene rings is 3. The van der Waals surface area contributed by atoms with Crippen molar-refractivity contribution in [3.05, 3.63) is 101 Å². The molecule has 150 valence electrons. The van der Waals surface area contributed by atoms with Gasteiger partial charge in [-0.05, 0) is 29.0 Å². The fourth-order valence-corrected chi connectivity index (χ4v) is 15.7. The van der Waals surface area contributed by atoms with Crippen molar-refractivity contribution in [3.63, 3.8) is 0 Å². The van der Waals surface area contributed by atoms with E-state index in [-0.39, 0.29) is 0 Å². The maximum absolute atomic E-state index is 2.53. The average Bonchev–Trinajstić information content (AvgIpc) is 2.68. The molecule has 0 atom stereocenters. The second-order valence-electron chi connectivity index (χ2n) is 9.60. The Morgan fingerprint density at radius 3 is 1.24 bits per heavy atom. The van der Waals surface area contributed by atoms with Crippen LogP contribution in [0.4, 0.5) is 0 Å². The monoisotopic (exact) mass is 432 g/mol. The molecule has 0 saturated carbocycles. The summed E-state index contributed by atoms with van der Waals surface area (Å²) in [5.41, 5.74) is 1.43. The number of hydrogen-bond donors (Lipinski definition) is 0. The van der Waals surface area contributed by atoms with Crippen molar-refractivity contribution >= 4 is 39.9 Å². The van der Waals surface area contributed by atoms with E-state index in [2.05, 4.69) is 130 Å². The molecule has 0 amide bonds. The molecule has 0 aliphatic carbocycles. The third-order valence-corrected chi connectivity index (χ3v) is 14.2. The summed E-state index contributed by atoms with van der Waals surface area (Å²) in [5.74, 6) is 0. The Morgan fingerprint density at radius 2 is 0.897 bits per heavy atom. The van der Waals surface area contributed by atoms with Crippen molar-refractivity contribution in [2.24, 2.45) is 0 Å². The van der Waals surface area contributed by atoms with E-state index in [0.717, 1.165) is 0 Å². The summed E-state index contributed by atoms with van der Waals surface area (Å²) < 4.78 is 0. The molecule has 0 N–H and O–H groups in total. The van der Waals surface area contributed by atoms with Crippen LogP contribution in [0.2, 0.25) is 39.3 Å². The maximum atomic E-state index is 2.53. The Hall–Kier alpha value is -1.74. The lowest BCUT2D eigenvalue weighted by Gasteiger charge is -2.37. The second-order valence-corrected chi connectivity index (χ2v) is 22.2. The molecule has 0 spiro atoms. The molecule has 29 heavy (non-hydrogen) atoms. The molecular formula is C26H33PSi2. The van der Waals surface area contributed by atoms with E-state index in [1.807, 2.05) is 0 Å². The van der Waals surface area contributed by atoms with Gasteiger partial charge in [-0.2, -0.15) is 0 Å². The molecule has 0 heterocycles. The summed E-state index contributed by atoms with van der Waals surface area (Å²) >= 11 is 0. The van der Waals surface area contributed by atoms with Gasteiger partial charge in [0.25, 0.3) is 0 Å². The SMILES string of the molecule is C[Si](C)(C)/C(=C(\P(c1ccccc1)c1ccccc1)[Si](C)(C)C)c1ccccc1. The largest absolute Gasteiger partial charge is 0.0789 e. The summed E-state index contributed by atoms with van der Waals surface area (Å²) in [6, 6.07) is 33.6. The lowest BCUT2D eigenvalue weighted by molar-refractivity contribution is 1.60. The summed E-state index contributed by atoms with van der Waals surface area (Å²) in [7, 11) is -3.78. The van der Waals surface area contributed by atoms with E-state index in [0.29, 0.717) is 0 Å². The zero-order valence-corrected chi connectivity index (χ0v) is 21.5. The van der Waals surface area contributed by atoms with Crippen molar-refractivity contribution in [2.45, 2.75) is 39.3 Å². The Balaban J connectivity index is 2.42. The first-order valence-corrected chi connectivity index (χ1v) is 18.7. The summed E-state index contributed by atoms with van der Waals surface area (Å²) in [6.45, 7) is 15.1. The quantitative estimate of drug-likeness (QED) is 0.283. The van der Waals surface area contributed by atoms with Crippen molar-refractivity contribution < 1.29 is 0 Å². The van der Waals surface area contributed by atoms with Crippen molar-refractivity contribution in [1.82, 2.24) is 0 Å². The molecule has 3 heteroatoms. The van der Waals surface area contributed by atoms with Gasteiger partial charge in [0.15, 0.2) is 0 Å². The van der Waals surface area contributed by atoms with Gasteiger partial charge in [0.05, 0.1) is 16.1 Å². The van der Waals surface area contributed by atoms with Gasteiger partial charge in [-0.1, -0.05) is 135 Å². The Kier molecular flexibility index (Phi) is 6.78. The third-order valence-electron chi connectivity index (χ3n) is 5.01. The van der Waals surface area contributed by atoms with Gasteiger partial charge in [0.2, 0.25) is 0 Å². The van der Waals surface area contributed by atoms with Gasteiger partial charge in [-0.25, -0.2) is 0 Å². The van der Waals surface area contributed by atoms with E-state index in [1.165, 1.54) is 16.2 Å². The number of rotatable bonds is 6. The van der Waals surface area contributed by atoms with E-state index >= 15 is 0 Å². The van der Waals surface area contributed by atoms with Crippen molar-refractivity contribution in [1.29, 1.82) is 0 Å². The highest BCUT2D eigenvalue weighted by molar-refractivity contribution is 7.80. The van der Waals surface area contributed by atoms with Crippen LogP contribution in [0.25, 0.3) is 5.20 Å². The van der Waals surface area contributed by atoms with Crippen LogP contribution in [0.5, 0.6) is 0 Å². The molecule has 0 fully saturated rings. The molecule has 0 radical (unpaired) electrons. The highest BCUT2D eigenvalue weighted by Gasteiger charge is 2.36. The summed E-state index contributed by atoms with van der Waals surface area (Å²) in [4.78, 5) is 1.76. The van der Waals surface area contributed by atoms with Gasteiger partial charge in [0.1, 0.15) is 0 Å². The minimum absolute atomic E-state index is 0.554. The van der Waals surface area contributed by atoms with Crippen LogP contribution in [0.1, 0.15) is 5.56 Å². The standard InChI is InChI=1S/C26H33PSi2/c1-28(2,3)25(22-16-10-7-11-17-22)26(29(4,5)6)27(23-18-12-8-13-19-23)24-20-14-9-15-21-24/h7-21H,1-6H3/b26-25+. The Morgan fingerprint density at radius 1 is 0.517 bits per heavy atom. The van der Waals surface area contributed by atoms with Crippen LogP contribution < -0.4 is 10.6 Å². The zero-order chi connectivity index (χ0) is 21.1. The average molecular weight is 433 g/mol. The van der Waals surface area contributed by atoms with E-state index < -0.39 is 24.1 Å². The van der Waals surface area contributed by atoms with Crippen molar-refractivity contribution in [3.8, 4) is 0 Å². The molecule has 3 rings (SSSR count). The lowest BCUT2D eigenvalue weighted by Crippen LogP contribution is -2.35. The molecule has 0 nitrogen and oxygen atoms in total. The smallest absolute Gasteiger partial charge is 0.0656 e. The molecule has 3 aromatic carbocycles. The van der Waals surface area contributed by atoms with E-state index in [9.17, 15) is 0 Å². The normalized spacial score (nSPS) is 13.3. The fourth-order valence-electron chi connectivity index (χ4n) is 3.91. The third kappa shape index (κ3) is 5.25. The van der Waals surface area contributed by atoms with Crippen LogP contribution in [-0.2, 0) is 0 Å². The highest BCUT2D eigenvalue weighted by atomic mass is 31.1. The topological polar surface area (TPSA) is 0 Å². The predicted octanol–water partition coefficient (Wildman–Crippen LogP) is 7.29. The molecule has 0 saturated heterocycles. The first-order valence-electron chi connectivity index (χ1n) is 10.4. The van der Waals surface area contributed by atoms with E-state index in [4.69, 9.17) is 0 Å². The van der Waals surface area contributed by atoms with Gasteiger partial charge in [0, 0.05) is 0 Å². The van der Waals surface area contributed by atoms with Gasteiger partial charge in [-0.3, -0.25) is 0 Å². The molecule has 0 unspecified atom stereocenters. The molecule has 0 aromatic heterocycles. The highest BCUT2D eigenvalue weighted by Crippen LogP contribution is 2.52. The lowest BCUT2D eigenvalue weighted by atomic mass is 10.2. The first kappa shape index (κ1) is 22.0. The molecule has 0 aliphatic heterocycles. The Bertz CT molecular complexity index is 911. The summed E-state index contributed by atoms with van der Waals surface area (Å²) in [6.07, 6.45) is 0. The first-order chi connectivity index (χ1) is 13.7. The molecule has 0 bridgehead atoms. The fraction of sp³-hybridized carbons (Fsp3) is 0.231. The number of hydrogen-bond acceptors (Lipinski definition) is 0. The van der Waals surface area contributed by atoms with Crippen LogP contribution >= 0.6 is 7.92 Å². The minimum atomic E-state index is -1.63. The van der Waals surface area contributed by atoms with Crippen LogP contribution in [0.15, 0.2) is 95.9 Å². The second kappa shape index (κ2) is 8.96. The molecule has 3 aromatic rings. The molecule has 0 aliphatic rings. The van der Waals surface area contributed by atoms with Crippen LogP contribution in [-0.4, -0.2) is 16.1 Å². The van der Waals surface area contributed by atoms with Crippen molar-refractivity contribution in [2.75, 3.05) is 0 Å². The summed E-state index contributed by atoms with van der Waals surface area (Å²) in [5, 5.41) is 4.62. The maximum Gasteiger partial charge on any atom is 0.0789 e. The zero-order valence-electron chi connectivity index (χ0n) is 18.6. The molecular weight excluding hydrogens is 399 g/mol. The van der Waals surface area contributed by atoms with Gasteiger partial charge in [-0.15, -0.1) is 0 Å². The van der Waals surface area contributed by atoms with Gasteiger partial charge < -0.3 is 0 Å².